The fraction of sp³-hybridized carbons (Fsp3) is 0.500. The van der Waals surface area contributed by atoms with Crippen molar-refractivity contribution >= 4 is 5.91 Å². The lowest BCUT2D eigenvalue weighted by Crippen LogP contribution is -2.37. The van der Waals surface area contributed by atoms with E-state index in [2.05, 4.69) is 21.3 Å². The highest BCUT2D eigenvalue weighted by molar-refractivity contribution is 5.72. The molecule has 3 rings (SSSR count). The van der Waals surface area contributed by atoms with Crippen molar-refractivity contribution in [3.05, 3.63) is 51.9 Å². The average Bonchev–Trinajstić information content (AvgIpc) is 2.67. The van der Waals surface area contributed by atoms with Crippen LogP contribution in [0.2, 0.25) is 0 Å². The maximum atomic E-state index is 12.1. The average molecular weight is 383 g/mol. The van der Waals surface area contributed by atoms with Gasteiger partial charge in [-0.15, -0.1) is 0 Å². The van der Waals surface area contributed by atoms with Crippen LogP contribution in [-0.2, 0) is 11.3 Å². The first-order valence-corrected chi connectivity index (χ1v) is 10.1. The van der Waals surface area contributed by atoms with Gasteiger partial charge in [0.25, 0.3) is 5.56 Å². The number of rotatable bonds is 6. The molecule has 6 heteroatoms. The number of hydrogen-bond acceptors (Lipinski definition) is 4. The highest BCUT2D eigenvalue weighted by Gasteiger charge is 2.20. The number of piperidine rings is 1. The van der Waals surface area contributed by atoms with E-state index in [-0.39, 0.29) is 17.4 Å². The summed E-state index contributed by atoms with van der Waals surface area (Å²) in [7, 11) is 0. The number of carbonyl (C=O) groups is 1. The van der Waals surface area contributed by atoms with Gasteiger partial charge in [0, 0.05) is 31.6 Å². The van der Waals surface area contributed by atoms with Crippen molar-refractivity contribution < 1.29 is 4.79 Å². The van der Waals surface area contributed by atoms with Crippen molar-refractivity contribution in [2.24, 2.45) is 5.92 Å². The molecule has 0 saturated carbocycles. The molecule has 0 bridgehead atoms. The van der Waals surface area contributed by atoms with Gasteiger partial charge in [-0.1, -0.05) is 38.1 Å². The molecule has 0 atom stereocenters. The van der Waals surface area contributed by atoms with Crippen LogP contribution in [0.3, 0.4) is 0 Å². The molecule has 1 fully saturated rings. The fourth-order valence-corrected chi connectivity index (χ4v) is 3.67. The zero-order valence-electron chi connectivity index (χ0n) is 17.0. The van der Waals surface area contributed by atoms with Gasteiger partial charge >= 0.3 is 0 Å². The normalized spacial score (nSPS) is 15.7. The van der Waals surface area contributed by atoms with Crippen molar-refractivity contribution in [3.63, 3.8) is 0 Å². The Bertz CT molecular complexity index is 867. The van der Waals surface area contributed by atoms with Gasteiger partial charge in [0.2, 0.25) is 5.91 Å². The Morgan fingerprint density at radius 1 is 1.29 bits per heavy atom. The maximum absolute atomic E-state index is 12.1. The molecule has 1 amide bonds. The van der Waals surface area contributed by atoms with E-state index in [4.69, 9.17) is 4.98 Å². The molecule has 2 aromatic rings. The Hall–Kier alpha value is -2.47. The zero-order valence-corrected chi connectivity index (χ0v) is 17.0. The fourth-order valence-electron chi connectivity index (χ4n) is 3.67. The summed E-state index contributed by atoms with van der Waals surface area (Å²) in [6.07, 6.45) is 2.17. The first-order chi connectivity index (χ1) is 13.4. The number of benzene rings is 1. The topological polar surface area (TPSA) is 78.1 Å². The summed E-state index contributed by atoms with van der Waals surface area (Å²) in [5.74, 6) is 1.45. The number of carbonyl (C=O) groups excluding carboxylic acids is 1. The van der Waals surface area contributed by atoms with Crippen molar-refractivity contribution in [2.75, 3.05) is 19.6 Å². The lowest BCUT2D eigenvalue weighted by Gasteiger charge is -2.32. The molecule has 0 unspecified atom stereocenters. The summed E-state index contributed by atoms with van der Waals surface area (Å²) < 4.78 is 0. The van der Waals surface area contributed by atoms with Crippen LogP contribution in [0.1, 0.15) is 50.8 Å². The number of nitrogens with one attached hydrogen (secondary N) is 2. The van der Waals surface area contributed by atoms with Crippen LogP contribution >= 0.6 is 0 Å². The Labute approximate surface area is 166 Å². The van der Waals surface area contributed by atoms with E-state index in [0.29, 0.717) is 11.7 Å². The quantitative estimate of drug-likeness (QED) is 0.805. The highest BCUT2D eigenvalue weighted by atomic mass is 16.1. The van der Waals surface area contributed by atoms with Gasteiger partial charge in [-0.3, -0.25) is 14.5 Å². The van der Waals surface area contributed by atoms with Crippen LogP contribution in [0.25, 0.3) is 11.4 Å². The van der Waals surface area contributed by atoms with Gasteiger partial charge in [0.05, 0.1) is 5.69 Å². The van der Waals surface area contributed by atoms with Crippen molar-refractivity contribution in [3.8, 4) is 11.4 Å². The minimum Gasteiger partial charge on any atom is -0.356 e. The number of nitrogens with zero attached hydrogens (tertiary/aromatic N) is 2. The summed E-state index contributed by atoms with van der Waals surface area (Å²) in [5, 5.41) is 2.93. The van der Waals surface area contributed by atoms with Gasteiger partial charge in [0.15, 0.2) is 0 Å². The monoisotopic (exact) mass is 382 g/mol. The first kappa shape index (κ1) is 20.3. The molecule has 6 nitrogen and oxygen atoms in total. The Kier molecular flexibility index (Phi) is 6.62. The largest absolute Gasteiger partial charge is 0.356 e. The molecule has 0 spiro atoms. The first-order valence-electron chi connectivity index (χ1n) is 10.1. The van der Waals surface area contributed by atoms with E-state index in [1.54, 1.807) is 13.0 Å². The number of aromatic amines is 1. The lowest BCUT2D eigenvalue weighted by molar-refractivity contribution is -0.119. The lowest BCUT2D eigenvalue weighted by atomic mass is 9.96. The third-order valence-electron chi connectivity index (χ3n) is 5.37. The Balaban J connectivity index is 1.72. The molecular formula is C22H30N4O2. The molecule has 2 heterocycles. The van der Waals surface area contributed by atoms with E-state index in [1.165, 1.54) is 5.56 Å². The molecule has 1 aromatic carbocycles. The second kappa shape index (κ2) is 9.15. The second-order valence-corrected chi connectivity index (χ2v) is 7.99. The molecule has 28 heavy (non-hydrogen) atoms. The number of likely N-dealkylation sites (tertiary alicyclic amines) is 1. The molecule has 1 saturated heterocycles. The predicted octanol–water partition coefficient (Wildman–Crippen LogP) is 2.91. The third kappa shape index (κ3) is 5.29. The van der Waals surface area contributed by atoms with E-state index in [9.17, 15) is 9.59 Å². The number of H-pyrrole nitrogens is 1. The molecule has 2 N–H and O–H groups in total. The van der Waals surface area contributed by atoms with Gasteiger partial charge in [-0.25, -0.2) is 4.98 Å². The minimum absolute atomic E-state index is 0.0430. The van der Waals surface area contributed by atoms with Crippen LogP contribution < -0.4 is 10.9 Å². The number of hydrogen-bond donors (Lipinski definition) is 2. The van der Waals surface area contributed by atoms with Crippen LogP contribution in [0, 0.1) is 5.92 Å². The van der Waals surface area contributed by atoms with Crippen LogP contribution in [-0.4, -0.2) is 40.4 Å². The van der Waals surface area contributed by atoms with Crippen molar-refractivity contribution in [1.29, 1.82) is 0 Å². The third-order valence-corrected chi connectivity index (χ3v) is 5.37. The van der Waals surface area contributed by atoms with Gasteiger partial charge < -0.3 is 10.3 Å². The second-order valence-electron chi connectivity index (χ2n) is 7.99. The Morgan fingerprint density at radius 3 is 2.68 bits per heavy atom. The number of amides is 1. The van der Waals surface area contributed by atoms with Gasteiger partial charge in [0.1, 0.15) is 5.82 Å². The van der Waals surface area contributed by atoms with E-state index < -0.39 is 0 Å². The maximum Gasteiger partial charge on any atom is 0.251 e. The van der Waals surface area contributed by atoms with Crippen LogP contribution in [0.4, 0.5) is 0 Å². The summed E-state index contributed by atoms with van der Waals surface area (Å²) in [6.45, 7) is 9.28. The van der Waals surface area contributed by atoms with E-state index in [1.807, 2.05) is 32.0 Å². The molecule has 1 aliphatic rings. The molecule has 1 aliphatic heterocycles. The Morgan fingerprint density at radius 2 is 2.00 bits per heavy atom. The molecule has 0 aliphatic carbocycles. The minimum atomic E-state index is -0.109. The zero-order chi connectivity index (χ0) is 20.1. The molecule has 1 aromatic heterocycles. The summed E-state index contributed by atoms with van der Waals surface area (Å²) in [5.41, 5.74) is 2.86. The summed E-state index contributed by atoms with van der Waals surface area (Å²) in [4.78, 5) is 33.2. The van der Waals surface area contributed by atoms with Crippen molar-refractivity contribution in [2.45, 2.75) is 46.1 Å². The van der Waals surface area contributed by atoms with E-state index in [0.717, 1.165) is 50.3 Å². The molecule has 150 valence electrons. The van der Waals surface area contributed by atoms with Gasteiger partial charge in [-0.05, 0) is 43.3 Å². The van der Waals surface area contributed by atoms with Crippen molar-refractivity contribution in [1.82, 2.24) is 20.2 Å². The summed E-state index contributed by atoms with van der Waals surface area (Å²) in [6, 6.07) is 9.74. The molecular weight excluding hydrogens is 352 g/mol. The number of aromatic nitrogens is 2. The highest BCUT2D eigenvalue weighted by Crippen LogP contribution is 2.25. The van der Waals surface area contributed by atoms with Crippen LogP contribution in [0.15, 0.2) is 35.1 Å². The van der Waals surface area contributed by atoms with Crippen LogP contribution in [0.5, 0.6) is 0 Å². The summed E-state index contributed by atoms with van der Waals surface area (Å²) >= 11 is 0. The standard InChI is InChI=1S/C22H30N4O2/c1-15(2)20-12-21(28)25-22(24-20)19-7-5-4-6-18(19)14-26-10-8-17(9-11-26)13-23-16(3)27/h4-7,12,15,17H,8-11,13-14H2,1-3H3,(H,23,27)(H,24,25,28). The van der Waals surface area contributed by atoms with E-state index >= 15 is 0 Å². The molecule has 0 radical (unpaired) electrons. The smallest absolute Gasteiger partial charge is 0.251 e. The van der Waals surface area contributed by atoms with Gasteiger partial charge in [-0.2, -0.15) is 0 Å². The SMILES string of the molecule is CC(=O)NCC1CCN(Cc2ccccc2-c2nc(C(C)C)cc(=O)[nH]2)CC1. The predicted molar refractivity (Wildman–Crippen MR) is 111 cm³/mol.